The van der Waals surface area contributed by atoms with Gasteiger partial charge in [-0.3, -0.25) is 4.79 Å². The fourth-order valence-corrected chi connectivity index (χ4v) is 2.40. The van der Waals surface area contributed by atoms with Gasteiger partial charge < -0.3 is 9.84 Å². The van der Waals surface area contributed by atoms with Crippen LogP contribution in [0.2, 0.25) is 0 Å². The third-order valence-corrected chi connectivity index (χ3v) is 3.22. The van der Waals surface area contributed by atoms with Gasteiger partial charge in [0.1, 0.15) is 0 Å². The van der Waals surface area contributed by atoms with E-state index in [1.165, 1.54) is 0 Å². The molecule has 0 rings (SSSR count). The smallest absolute Gasteiger partial charge is 0.421 e. The molecule has 1 amide bonds. The summed E-state index contributed by atoms with van der Waals surface area (Å²) >= 11 is 0. The van der Waals surface area contributed by atoms with Crippen LogP contribution >= 0.6 is 0 Å². The Balaban J connectivity index is 4.44. The van der Waals surface area contributed by atoms with Crippen LogP contribution in [0.15, 0.2) is 0 Å². The van der Waals surface area contributed by atoms with E-state index in [2.05, 4.69) is 9.46 Å². The molecule has 0 aromatic heterocycles. The number of methoxy groups -OCH3 is 1. The highest BCUT2D eigenvalue weighted by atomic mass is 32.2. The topological polar surface area (TPSA) is 122 Å². The van der Waals surface area contributed by atoms with Crippen molar-refractivity contribution in [3.05, 3.63) is 0 Å². The fraction of sp³-hybridized carbons (Fsp3) is 0.800. The van der Waals surface area contributed by atoms with Gasteiger partial charge in [0.05, 0.1) is 7.11 Å². The standard InChI is InChI=1S/C10H20N2O6S/c1-7(2)4-8(5-9(13)14)6-11-19(16,17)12-10(15)18-3/h7-8,11H,4-6H2,1-3H3,(H,12,15)(H,13,14). The van der Waals surface area contributed by atoms with Crippen LogP contribution in [0.4, 0.5) is 4.79 Å². The van der Waals surface area contributed by atoms with Gasteiger partial charge in [-0.25, -0.2) is 9.52 Å². The Labute approximate surface area is 112 Å². The van der Waals surface area contributed by atoms with Gasteiger partial charge in [0, 0.05) is 13.0 Å². The summed E-state index contributed by atoms with van der Waals surface area (Å²) in [6.07, 6.45) is -0.683. The molecule has 112 valence electrons. The highest BCUT2D eigenvalue weighted by Gasteiger charge is 2.19. The lowest BCUT2D eigenvalue weighted by Gasteiger charge is -2.17. The molecule has 0 aliphatic heterocycles. The minimum Gasteiger partial charge on any atom is -0.481 e. The summed E-state index contributed by atoms with van der Waals surface area (Å²) in [4.78, 5) is 21.5. The number of carbonyl (C=O) groups excluding carboxylic acids is 1. The quantitative estimate of drug-likeness (QED) is 0.592. The first-order chi connectivity index (χ1) is 8.66. The highest BCUT2D eigenvalue weighted by molar-refractivity contribution is 7.88. The maximum Gasteiger partial charge on any atom is 0.421 e. The van der Waals surface area contributed by atoms with Crippen LogP contribution < -0.4 is 9.44 Å². The number of nitrogens with one attached hydrogen (secondary N) is 2. The van der Waals surface area contributed by atoms with Crippen LogP contribution in [0.25, 0.3) is 0 Å². The molecule has 8 nitrogen and oxygen atoms in total. The van der Waals surface area contributed by atoms with E-state index in [-0.39, 0.29) is 24.8 Å². The number of amides is 1. The molecule has 3 N–H and O–H groups in total. The molecular formula is C10H20N2O6S. The Hall–Kier alpha value is -1.35. The molecule has 0 heterocycles. The molecule has 19 heavy (non-hydrogen) atoms. The minimum atomic E-state index is -4.03. The van der Waals surface area contributed by atoms with Gasteiger partial charge in [-0.05, 0) is 18.3 Å². The minimum absolute atomic E-state index is 0.0587. The number of carbonyl (C=O) groups is 2. The number of rotatable bonds is 8. The SMILES string of the molecule is COC(=O)NS(=O)(=O)NCC(CC(=O)O)CC(C)C. The predicted molar refractivity (Wildman–Crippen MR) is 67.7 cm³/mol. The van der Waals surface area contributed by atoms with Gasteiger partial charge in [-0.2, -0.15) is 13.1 Å². The molecule has 0 aromatic rings. The van der Waals surface area contributed by atoms with Gasteiger partial charge in [0.15, 0.2) is 0 Å². The molecule has 0 aromatic carbocycles. The molecule has 0 saturated carbocycles. The van der Waals surface area contributed by atoms with E-state index in [0.717, 1.165) is 7.11 Å². The molecule has 0 spiro atoms. The zero-order chi connectivity index (χ0) is 15.1. The average molecular weight is 296 g/mol. The molecule has 9 heteroatoms. The Morgan fingerprint density at radius 1 is 1.32 bits per heavy atom. The lowest BCUT2D eigenvalue weighted by atomic mass is 9.94. The van der Waals surface area contributed by atoms with Gasteiger partial charge in [0.25, 0.3) is 0 Å². The van der Waals surface area contributed by atoms with Gasteiger partial charge >= 0.3 is 22.3 Å². The normalized spacial score (nSPS) is 13.1. The second-order valence-corrected chi connectivity index (χ2v) is 6.04. The summed E-state index contributed by atoms with van der Waals surface area (Å²) in [5.41, 5.74) is 0. The van der Waals surface area contributed by atoms with E-state index in [1.54, 1.807) is 4.72 Å². The number of carboxylic acids is 1. The Morgan fingerprint density at radius 3 is 2.32 bits per heavy atom. The number of aliphatic carboxylic acids is 1. The van der Waals surface area contributed by atoms with Crippen molar-refractivity contribution >= 4 is 22.3 Å². The van der Waals surface area contributed by atoms with Crippen LogP contribution in [-0.4, -0.2) is 39.2 Å². The third kappa shape index (κ3) is 9.25. The van der Waals surface area contributed by atoms with Crippen molar-refractivity contribution in [2.24, 2.45) is 11.8 Å². The lowest BCUT2D eigenvalue weighted by molar-refractivity contribution is -0.138. The van der Waals surface area contributed by atoms with Crippen molar-refractivity contribution in [1.82, 2.24) is 9.44 Å². The zero-order valence-corrected chi connectivity index (χ0v) is 12.0. The van der Waals surface area contributed by atoms with Crippen molar-refractivity contribution in [3.63, 3.8) is 0 Å². The maximum absolute atomic E-state index is 11.4. The Morgan fingerprint density at radius 2 is 1.89 bits per heavy atom. The molecule has 0 aliphatic carbocycles. The van der Waals surface area contributed by atoms with E-state index in [4.69, 9.17) is 5.11 Å². The maximum atomic E-state index is 11.4. The number of ether oxygens (including phenoxy) is 1. The van der Waals surface area contributed by atoms with Gasteiger partial charge in [-0.1, -0.05) is 13.8 Å². The molecule has 0 radical (unpaired) electrons. The molecule has 0 saturated heterocycles. The first-order valence-corrected chi connectivity index (χ1v) is 7.21. The van der Waals surface area contributed by atoms with Crippen molar-refractivity contribution < 1.29 is 27.9 Å². The zero-order valence-electron chi connectivity index (χ0n) is 11.2. The van der Waals surface area contributed by atoms with Crippen LogP contribution in [0.5, 0.6) is 0 Å². The van der Waals surface area contributed by atoms with E-state index < -0.39 is 22.3 Å². The van der Waals surface area contributed by atoms with Crippen LogP contribution in [-0.2, 0) is 19.7 Å². The van der Waals surface area contributed by atoms with Crippen molar-refractivity contribution in [1.29, 1.82) is 0 Å². The number of carboxylic acid groups (broad SMARTS) is 1. The van der Waals surface area contributed by atoms with E-state index in [0.29, 0.717) is 6.42 Å². The summed E-state index contributed by atoms with van der Waals surface area (Å²) in [7, 11) is -2.99. The van der Waals surface area contributed by atoms with E-state index in [1.807, 2.05) is 13.8 Å². The second kappa shape index (κ2) is 7.95. The van der Waals surface area contributed by atoms with Gasteiger partial charge in [-0.15, -0.1) is 0 Å². The lowest BCUT2D eigenvalue weighted by Crippen LogP contribution is -2.42. The first kappa shape index (κ1) is 17.6. The molecule has 1 atom stereocenters. The molecule has 0 bridgehead atoms. The third-order valence-electron chi connectivity index (χ3n) is 2.23. The van der Waals surface area contributed by atoms with E-state index >= 15 is 0 Å². The Kier molecular flexibility index (Phi) is 7.38. The fourth-order valence-electron chi connectivity index (χ4n) is 1.57. The van der Waals surface area contributed by atoms with Gasteiger partial charge in [0.2, 0.25) is 0 Å². The van der Waals surface area contributed by atoms with Crippen LogP contribution in [0.3, 0.4) is 0 Å². The molecule has 1 unspecified atom stereocenters. The van der Waals surface area contributed by atoms with Crippen LogP contribution in [0.1, 0.15) is 26.7 Å². The summed E-state index contributed by atoms with van der Waals surface area (Å²) < 4.78 is 30.7. The van der Waals surface area contributed by atoms with Crippen molar-refractivity contribution in [2.75, 3.05) is 13.7 Å². The average Bonchev–Trinajstić information content (AvgIpc) is 2.24. The Bertz CT molecular complexity index is 406. The monoisotopic (exact) mass is 296 g/mol. The highest BCUT2D eigenvalue weighted by Crippen LogP contribution is 2.14. The summed E-state index contributed by atoms with van der Waals surface area (Å²) in [6, 6.07) is 0. The summed E-state index contributed by atoms with van der Waals surface area (Å²) in [6.45, 7) is 3.77. The predicted octanol–water partition coefficient (Wildman–Crippen LogP) is 0.314. The number of hydrogen-bond acceptors (Lipinski definition) is 5. The summed E-state index contributed by atoms with van der Waals surface area (Å²) in [5, 5.41) is 8.74. The molecule has 0 fully saturated rings. The second-order valence-electron chi connectivity index (χ2n) is 4.54. The largest absolute Gasteiger partial charge is 0.481 e. The molecular weight excluding hydrogens is 276 g/mol. The van der Waals surface area contributed by atoms with Crippen LogP contribution in [0, 0.1) is 11.8 Å². The first-order valence-electron chi connectivity index (χ1n) is 5.73. The van der Waals surface area contributed by atoms with E-state index in [9.17, 15) is 18.0 Å². The number of hydrogen-bond donors (Lipinski definition) is 3. The summed E-state index contributed by atoms with van der Waals surface area (Å²) in [5.74, 6) is -1.10. The van der Waals surface area contributed by atoms with Crippen molar-refractivity contribution in [3.8, 4) is 0 Å². The van der Waals surface area contributed by atoms with Crippen molar-refractivity contribution in [2.45, 2.75) is 26.7 Å². The molecule has 0 aliphatic rings.